The van der Waals surface area contributed by atoms with Crippen molar-refractivity contribution in [3.8, 4) is 0 Å². The molecule has 10 nitrogen and oxygen atoms in total. The molecule has 0 amide bonds. The topological polar surface area (TPSA) is 160 Å². The van der Waals surface area contributed by atoms with Gasteiger partial charge in [-0.15, -0.1) is 0 Å². The smallest absolute Gasteiger partial charge is 0.462 e. The van der Waals surface area contributed by atoms with Gasteiger partial charge in [0, 0.05) is 12.8 Å². The van der Waals surface area contributed by atoms with Gasteiger partial charge in [-0.05, 0) is 77.0 Å². The van der Waals surface area contributed by atoms with E-state index in [1.165, 1.54) is 19.3 Å². The van der Waals surface area contributed by atoms with Gasteiger partial charge < -0.3 is 29.5 Å². The number of aliphatic hydroxyl groups excluding tert-OH is 2. The molecule has 0 saturated carbocycles. The van der Waals surface area contributed by atoms with Crippen molar-refractivity contribution in [2.24, 2.45) is 0 Å². The van der Waals surface area contributed by atoms with Crippen molar-refractivity contribution in [1.82, 2.24) is 0 Å². The number of esters is 2. The average molecular weight is 801 g/mol. The van der Waals surface area contributed by atoms with E-state index in [0.717, 1.165) is 32.1 Å². The molecule has 0 radical (unpaired) electrons. The molecule has 0 rings (SSSR count). The lowest BCUT2D eigenvalue weighted by Crippen LogP contribution is -2.29. The van der Waals surface area contributed by atoms with Crippen molar-refractivity contribution >= 4 is 19.8 Å². The number of phosphoric ester groups is 1. The first-order valence-corrected chi connectivity index (χ1v) is 21.6. The van der Waals surface area contributed by atoms with E-state index < -0.39 is 51.3 Å². The summed E-state index contributed by atoms with van der Waals surface area (Å²) in [5.41, 5.74) is 0. The van der Waals surface area contributed by atoms with Gasteiger partial charge in [-0.1, -0.05) is 148 Å². The summed E-state index contributed by atoms with van der Waals surface area (Å²) in [6.07, 6.45) is 48.5. The highest BCUT2D eigenvalue weighted by atomic mass is 31.2. The first-order chi connectivity index (χ1) is 27.1. The van der Waals surface area contributed by atoms with Crippen molar-refractivity contribution in [1.29, 1.82) is 0 Å². The Bertz CT molecular complexity index is 1350. The van der Waals surface area contributed by atoms with Crippen molar-refractivity contribution in [2.75, 3.05) is 13.2 Å². The molecule has 4 N–H and O–H groups in total. The van der Waals surface area contributed by atoms with E-state index in [2.05, 4.69) is 47.9 Å². The number of allylic oxidation sites excluding steroid dienone is 16. The minimum absolute atomic E-state index is 0.00597. The first-order valence-electron chi connectivity index (χ1n) is 20.1. The highest BCUT2D eigenvalue weighted by Crippen LogP contribution is 2.35. The van der Waals surface area contributed by atoms with Crippen molar-refractivity contribution < 1.29 is 48.2 Å². The molecule has 0 aromatic rings. The maximum Gasteiger partial charge on any atom is 0.469 e. The zero-order valence-electron chi connectivity index (χ0n) is 33.7. The predicted molar refractivity (Wildman–Crippen MR) is 227 cm³/mol. The Kier molecular flexibility index (Phi) is 35.8. The lowest BCUT2D eigenvalue weighted by atomic mass is 10.2. The Labute approximate surface area is 336 Å². The zero-order chi connectivity index (χ0) is 41.4. The van der Waals surface area contributed by atoms with E-state index in [1.807, 2.05) is 61.6 Å². The third-order valence-electron chi connectivity index (χ3n) is 7.64. The van der Waals surface area contributed by atoms with Crippen LogP contribution in [0, 0.1) is 0 Å². The summed E-state index contributed by atoms with van der Waals surface area (Å²) in [5, 5.41) is 19.9. The second kappa shape index (κ2) is 38.3. The van der Waals surface area contributed by atoms with Gasteiger partial charge in [0.15, 0.2) is 6.10 Å². The zero-order valence-corrected chi connectivity index (χ0v) is 34.6. The van der Waals surface area contributed by atoms with Gasteiger partial charge in [-0.25, -0.2) is 4.57 Å². The summed E-state index contributed by atoms with van der Waals surface area (Å²) in [6, 6.07) is 0. The van der Waals surface area contributed by atoms with Gasteiger partial charge in [0.1, 0.15) is 6.61 Å². The molecule has 0 aliphatic heterocycles. The van der Waals surface area contributed by atoms with Gasteiger partial charge >= 0.3 is 19.8 Å². The SMILES string of the molecule is CC/C=C\C[C@H](O)/C=C/C=C\C/C=C\C=C\[C@H](O)/C=C\CCCC(=O)O[C@H](COC(=O)CCC/C=C\C/C=C\C/C=C\C/C=C\CCCCC)COP(=O)(O)O. The number of carbonyl (C=O) groups is 2. The van der Waals surface area contributed by atoms with Crippen molar-refractivity contribution in [3.63, 3.8) is 0 Å². The highest BCUT2D eigenvalue weighted by Gasteiger charge is 2.22. The fraction of sp³-hybridized carbons (Fsp3) is 0.511. The van der Waals surface area contributed by atoms with Crippen LogP contribution in [0.25, 0.3) is 0 Å². The van der Waals surface area contributed by atoms with E-state index in [-0.39, 0.29) is 12.8 Å². The van der Waals surface area contributed by atoms with Gasteiger partial charge in [0.05, 0.1) is 18.8 Å². The van der Waals surface area contributed by atoms with Crippen LogP contribution in [-0.4, -0.2) is 63.5 Å². The maximum atomic E-state index is 12.4. The van der Waals surface area contributed by atoms with Gasteiger partial charge in [-0.3, -0.25) is 14.1 Å². The number of hydrogen-bond acceptors (Lipinski definition) is 8. The molecule has 0 aromatic carbocycles. The van der Waals surface area contributed by atoms with Crippen LogP contribution in [0.3, 0.4) is 0 Å². The van der Waals surface area contributed by atoms with Crippen molar-refractivity contribution in [3.05, 3.63) is 122 Å². The summed E-state index contributed by atoms with van der Waals surface area (Å²) in [7, 11) is -4.83. The van der Waals surface area contributed by atoms with Gasteiger partial charge in [0.2, 0.25) is 0 Å². The molecule has 0 spiro atoms. The summed E-state index contributed by atoms with van der Waals surface area (Å²) in [4.78, 5) is 42.8. The molecule has 0 unspecified atom stereocenters. The third-order valence-corrected chi connectivity index (χ3v) is 8.12. The Morgan fingerprint density at radius 1 is 0.589 bits per heavy atom. The quantitative estimate of drug-likeness (QED) is 0.0162. The highest BCUT2D eigenvalue weighted by molar-refractivity contribution is 7.46. The molecular formula is C45H69O10P. The molecule has 0 aliphatic rings. The fourth-order valence-corrected chi connectivity index (χ4v) is 4.99. The molecule has 0 bridgehead atoms. The lowest BCUT2D eigenvalue weighted by molar-refractivity contribution is -0.161. The van der Waals surface area contributed by atoms with E-state index >= 15 is 0 Å². The van der Waals surface area contributed by atoms with Crippen LogP contribution in [0.15, 0.2) is 122 Å². The Morgan fingerprint density at radius 3 is 1.75 bits per heavy atom. The average Bonchev–Trinajstić information content (AvgIpc) is 3.16. The minimum atomic E-state index is -4.83. The molecule has 0 aliphatic carbocycles. The first kappa shape index (κ1) is 52.4. The third kappa shape index (κ3) is 40.0. The molecule has 0 aromatic heterocycles. The van der Waals surface area contributed by atoms with E-state index in [4.69, 9.17) is 19.3 Å². The van der Waals surface area contributed by atoms with Crippen LogP contribution in [0.5, 0.6) is 0 Å². The summed E-state index contributed by atoms with van der Waals surface area (Å²) >= 11 is 0. The second-order valence-corrected chi connectivity index (χ2v) is 14.2. The monoisotopic (exact) mass is 800 g/mol. The maximum absolute atomic E-state index is 12.4. The molecule has 0 heterocycles. The van der Waals surface area contributed by atoms with Crippen LogP contribution in [0.4, 0.5) is 0 Å². The Balaban J connectivity index is 4.34. The molecular weight excluding hydrogens is 731 g/mol. The standard InChI is InChI=1S/C45H69O10P/c1-3-5-7-8-9-10-11-12-13-14-15-16-17-18-22-25-31-37-44(48)53-39-43(40-54-56(50,51)52)55-45(49)38-32-26-30-36-42(47)35-29-24-21-19-20-23-28-34-41(46)33-27-6-4-2/h6,9-10,12-13,15-16,18,20-24,27-30,34-36,41-43,46-47H,3-5,7-8,11,14,17,19,25-26,31-33,37-40H2,1-2H3,(H2,50,51,52)/b10-9-,13-12-,16-15-,22-18-,23-20-,24-21-,27-6-,34-28+,35-29+,36-30-/t41-,42-,43+/m0/s1. The summed E-state index contributed by atoms with van der Waals surface area (Å²) < 4.78 is 26.2. The Morgan fingerprint density at radius 2 is 1.14 bits per heavy atom. The van der Waals surface area contributed by atoms with Crippen LogP contribution in [0.2, 0.25) is 0 Å². The molecule has 11 heteroatoms. The largest absolute Gasteiger partial charge is 0.469 e. The van der Waals surface area contributed by atoms with Crippen LogP contribution >= 0.6 is 7.82 Å². The molecule has 3 atom stereocenters. The number of aliphatic hydroxyl groups is 2. The van der Waals surface area contributed by atoms with Gasteiger partial charge in [-0.2, -0.15) is 0 Å². The van der Waals surface area contributed by atoms with Crippen LogP contribution < -0.4 is 0 Å². The number of unbranched alkanes of at least 4 members (excludes halogenated alkanes) is 5. The lowest BCUT2D eigenvalue weighted by Gasteiger charge is -2.18. The summed E-state index contributed by atoms with van der Waals surface area (Å²) in [6.45, 7) is 3.23. The number of carbonyl (C=O) groups excluding carboxylic acids is 2. The molecule has 0 saturated heterocycles. The fourth-order valence-electron chi connectivity index (χ4n) is 4.63. The summed E-state index contributed by atoms with van der Waals surface area (Å²) in [5.74, 6) is -1.15. The van der Waals surface area contributed by atoms with Crippen LogP contribution in [0.1, 0.15) is 117 Å². The molecule has 314 valence electrons. The number of rotatable bonds is 34. The Hall–Kier alpha value is -3.63. The van der Waals surface area contributed by atoms with E-state index in [0.29, 0.717) is 38.5 Å². The van der Waals surface area contributed by atoms with Gasteiger partial charge in [0.25, 0.3) is 0 Å². The van der Waals surface area contributed by atoms with E-state index in [1.54, 1.807) is 30.4 Å². The molecule has 56 heavy (non-hydrogen) atoms. The van der Waals surface area contributed by atoms with Crippen molar-refractivity contribution in [2.45, 2.75) is 135 Å². The second-order valence-electron chi connectivity index (χ2n) is 12.9. The number of phosphoric acid groups is 1. The minimum Gasteiger partial charge on any atom is -0.462 e. The normalized spacial score (nSPS) is 14.9. The number of ether oxygens (including phenoxy) is 2. The van der Waals surface area contributed by atoms with E-state index in [9.17, 15) is 24.4 Å². The predicted octanol–water partition coefficient (Wildman–Crippen LogP) is 10.1. The molecule has 0 fully saturated rings. The number of hydrogen-bond donors (Lipinski definition) is 4. The van der Waals surface area contributed by atoms with Crippen LogP contribution in [-0.2, 0) is 28.2 Å².